The van der Waals surface area contributed by atoms with E-state index in [1.165, 1.54) is 15.8 Å². The highest BCUT2D eigenvalue weighted by atomic mass is 32.1. The number of anilines is 1. The molecule has 0 aliphatic rings. The van der Waals surface area contributed by atoms with E-state index >= 15 is 0 Å². The van der Waals surface area contributed by atoms with E-state index in [1.807, 2.05) is 0 Å². The Balaban J connectivity index is 2.07. The third-order valence-corrected chi connectivity index (χ3v) is 4.54. The van der Waals surface area contributed by atoms with E-state index in [-0.39, 0.29) is 11.2 Å². The molecule has 0 radical (unpaired) electrons. The van der Waals surface area contributed by atoms with Crippen LogP contribution >= 0.6 is 11.3 Å². The number of methoxy groups -OCH3 is 1. The molecule has 0 amide bonds. The molecular formula is C16H20FNOS. The summed E-state index contributed by atoms with van der Waals surface area (Å²) in [5, 5.41) is 3.12. The average molecular weight is 293 g/mol. The van der Waals surface area contributed by atoms with Gasteiger partial charge in [-0.25, -0.2) is 4.39 Å². The summed E-state index contributed by atoms with van der Waals surface area (Å²) in [6.45, 7) is 7.19. The number of ether oxygens (including phenoxy) is 1. The van der Waals surface area contributed by atoms with Gasteiger partial charge in [-0.3, -0.25) is 0 Å². The number of benzene rings is 1. The summed E-state index contributed by atoms with van der Waals surface area (Å²) in [7, 11) is 1.58. The van der Waals surface area contributed by atoms with Crippen LogP contribution in [0, 0.1) is 5.82 Å². The lowest BCUT2D eigenvalue weighted by Gasteiger charge is -2.15. The second-order valence-corrected chi connectivity index (χ2v) is 6.88. The number of hydrogen-bond donors (Lipinski definition) is 1. The molecule has 0 unspecified atom stereocenters. The van der Waals surface area contributed by atoms with Gasteiger partial charge in [-0.05, 0) is 29.7 Å². The van der Waals surface area contributed by atoms with Gasteiger partial charge >= 0.3 is 0 Å². The van der Waals surface area contributed by atoms with Crippen LogP contribution in [0.5, 0.6) is 5.75 Å². The Kier molecular flexibility index (Phi) is 4.33. The molecular weight excluding hydrogens is 273 g/mol. The molecule has 0 aliphatic heterocycles. The molecule has 1 heterocycles. The number of hydrogen-bond acceptors (Lipinski definition) is 3. The van der Waals surface area contributed by atoms with Crippen molar-refractivity contribution in [2.75, 3.05) is 12.4 Å². The van der Waals surface area contributed by atoms with E-state index in [2.05, 4.69) is 38.2 Å². The van der Waals surface area contributed by atoms with Gasteiger partial charge in [0.05, 0.1) is 12.8 Å². The van der Waals surface area contributed by atoms with Crippen molar-refractivity contribution in [3.05, 3.63) is 45.9 Å². The minimum absolute atomic E-state index is 0.157. The number of thiophene rings is 1. The van der Waals surface area contributed by atoms with E-state index in [4.69, 9.17) is 4.74 Å². The summed E-state index contributed by atoms with van der Waals surface area (Å²) in [6.07, 6.45) is 0. The maximum atomic E-state index is 13.7. The summed E-state index contributed by atoms with van der Waals surface area (Å²) in [4.78, 5) is 2.53. The molecule has 2 nitrogen and oxygen atoms in total. The normalized spacial score (nSPS) is 11.4. The van der Waals surface area contributed by atoms with Gasteiger partial charge in [0, 0.05) is 22.4 Å². The van der Waals surface area contributed by atoms with Crippen molar-refractivity contribution < 1.29 is 9.13 Å². The molecule has 2 aromatic rings. The fourth-order valence-corrected chi connectivity index (χ4v) is 2.83. The second kappa shape index (κ2) is 5.83. The molecule has 0 bridgehead atoms. The maximum absolute atomic E-state index is 13.7. The Morgan fingerprint density at radius 3 is 2.55 bits per heavy atom. The Bertz CT molecular complexity index is 586. The lowest BCUT2D eigenvalue weighted by Crippen LogP contribution is -2.07. The van der Waals surface area contributed by atoms with Crippen LogP contribution < -0.4 is 10.1 Å². The van der Waals surface area contributed by atoms with Crippen molar-refractivity contribution in [1.82, 2.24) is 0 Å². The van der Waals surface area contributed by atoms with Gasteiger partial charge in [0.1, 0.15) is 11.6 Å². The predicted molar refractivity (Wildman–Crippen MR) is 83.3 cm³/mol. The topological polar surface area (TPSA) is 21.3 Å². The van der Waals surface area contributed by atoms with Gasteiger partial charge in [-0.2, -0.15) is 0 Å². The summed E-state index contributed by atoms with van der Waals surface area (Å²) in [6, 6.07) is 8.94. The van der Waals surface area contributed by atoms with Gasteiger partial charge < -0.3 is 10.1 Å². The van der Waals surface area contributed by atoms with Gasteiger partial charge in [-0.15, -0.1) is 11.3 Å². The highest BCUT2D eigenvalue weighted by Gasteiger charge is 2.16. The summed E-state index contributed by atoms with van der Waals surface area (Å²) in [5.41, 5.74) is 0.625. The van der Waals surface area contributed by atoms with Crippen molar-refractivity contribution >= 4 is 17.0 Å². The zero-order chi connectivity index (χ0) is 14.8. The lowest BCUT2D eigenvalue weighted by molar-refractivity contribution is 0.414. The number of rotatable bonds is 4. The van der Waals surface area contributed by atoms with Crippen molar-refractivity contribution in [2.24, 2.45) is 0 Å². The first-order valence-electron chi connectivity index (χ1n) is 6.57. The van der Waals surface area contributed by atoms with Gasteiger partial charge in [-0.1, -0.05) is 20.8 Å². The van der Waals surface area contributed by atoms with E-state index in [1.54, 1.807) is 30.6 Å². The molecule has 4 heteroatoms. The maximum Gasteiger partial charge on any atom is 0.146 e. The highest BCUT2D eigenvalue weighted by molar-refractivity contribution is 7.12. The van der Waals surface area contributed by atoms with Crippen LogP contribution in [0.15, 0.2) is 30.3 Å². The fourth-order valence-electron chi connectivity index (χ4n) is 1.83. The van der Waals surface area contributed by atoms with Crippen LogP contribution in [0.25, 0.3) is 0 Å². The SMILES string of the molecule is COc1ccc(F)c(NCc2ccc(C(C)(C)C)s2)c1. The largest absolute Gasteiger partial charge is 0.497 e. The number of halogens is 1. The minimum Gasteiger partial charge on any atom is -0.497 e. The lowest BCUT2D eigenvalue weighted by atomic mass is 9.95. The van der Waals surface area contributed by atoms with Gasteiger partial charge in [0.15, 0.2) is 0 Å². The molecule has 0 aliphatic carbocycles. The molecule has 2 rings (SSSR count). The smallest absolute Gasteiger partial charge is 0.146 e. The summed E-state index contributed by atoms with van der Waals surface area (Å²) in [5.74, 6) is 0.383. The predicted octanol–water partition coefficient (Wildman–Crippen LogP) is 4.81. The van der Waals surface area contributed by atoms with Crippen LogP contribution in [0.2, 0.25) is 0 Å². The van der Waals surface area contributed by atoms with Crippen molar-refractivity contribution in [1.29, 1.82) is 0 Å². The van der Waals surface area contributed by atoms with Crippen molar-refractivity contribution in [3.63, 3.8) is 0 Å². The Hall–Kier alpha value is -1.55. The molecule has 0 saturated heterocycles. The standard InChI is InChI=1S/C16H20FNOS/c1-16(2,3)15-8-6-12(20-15)10-18-14-9-11(19-4)5-7-13(14)17/h5-9,18H,10H2,1-4H3. The first-order chi connectivity index (χ1) is 9.40. The van der Waals surface area contributed by atoms with E-state index < -0.39 is 0 Å². The Morgan fingerprint density at radius 1 is 1.20 bits per heavy atom. The van der Waals surface area contributed by atoms with Crippen molar-refractivity contribution in [3.8, 4) is 5.75 Å². The molecule has 1 aromatic carbocycles. The molecule has 1 N–H and O–H groups in total. The first kappa shape index (κ1) is 14.9. The summed E-state index contributed by atoms with van der Waals surface area (Å²) >= 11 is 1.76. The second-order valence-electron chi connectivity index (χ2n) is 5.72. The molecule has 108 valence electrons. The molecule has 0 spiro atoms. The quantitative estimate of drug-likeness (QED) is 0.874. The van der Waals surface area contributed by atoms with Gasteiger partial charge in [0.25, 0.3) is 0 Å². The van der Waals surface area contributed by atoms with E-state index in [0.29, 0.717) is 18.0 Å². The zero-order valence-corrected chi connectivity index (χ0v) is 13.1. The highest BCUT2D eigenvalue weighted by Crippen LogP contribution is 2.30. The van der Waals surface area contributed by atoms with Crippen LogP contribution in [0.1, 0.15) is 30.5 Å². The zero-order valence-electron chi connectivity index (χ0n) is 12.3. The Labute approximate surface area is 123 Å². The molecule has 20 heavy (non-hydrogen) atoms. The Morgan fingerprint density at radius 2 is 1.95 bits per heavy atom. The van der Waals surface area contributed by atoms with Gasteiger partial charge in [0.2, 0.25) is 0 Å². The van der Waals surface area contributed by atoms with Crippen LogP contribution in [-0.4, -0.2) is 7.11 Å². The molecule has 1 aromatic heterocycles. The van der Waals surface area contributed by atoms with Crippen LogP contribution in [0.4, 0.5) is 10.1 Å². The first-order valence-corrected chi connectivity index (χ1v) is 7.38. The minimum atomic E-state index is -0.265. The monoisotopic (exact) mass is 293 g/mol. The fraction of sp³-hybridized carbons (Fsp3) is 0.375. The van der Waals surface area contributed by atoms with E-state index in [9.17, 15) is 4.39 Å². The molecule has 0 fully saturated rings. The molecule has 0 atom stereocenters. The third-order valence-electron chi connectivity index (χ3n) is 3.03. The molecule has 0 saturated carbocycles. The van der Waals surface area contributed by atoms with Crippen LogP contribution in [-0.2, 0) is 12.0 Å². The third kappa shape index (κ3) is 3.51. The van der Waals surface area contributed by atoms with Crippen LogP contribution in [0.3, 0.4) is 0 Å². The average Bonchev–Trinajstić information content (AvgIpc) is 2.86. The number of nitrogens with one attached hydrogen (secondary N) is 1. The van der Waals surface area contributed by atoms with Crippen molar-refractivity contribution in [2.45, 2.75) is 32.7 Å². The van der Waals surface area contributed by atoms with E-state index in [0.717, 1.165) is 0 Å². The summed E-state index contributed by atoms with van der Waals surface area (Å²) < 4.78 is 18.8.